The van der Waals surface area contributed by atoms with Gasteiger partial charge in [-0.2, -0.15) is 0 Å². The quantitative estimate of drug-likeness (QED) is 0.928. The molecule has 5 heteroatoms. The summed E-state index contributed by atoms with van der Waals surface area (Å²) in [6, 6.07) is 3.45. The Kier molecular flexibility index (Phi) is 3.66. The minimum absolute atomic E-state index is 0.0985. The second-order valence-electron chi connectivity index (χ2n) is 3.89. The Bertz CT molecular complexity index is 377. The summed E-state index contributed by atoms with van der Waals surface area (Å²) < 4.78 is 11.1. The summed E-state index contributed by atoms with van der Waals surface area (Å²) >= 11 is 3.17. The number of ether oxygens (including phenoxy) is 1. The molecule has 0 aliphatic heterocycles. The molecule has 16 heavy (non-hydrogen) atoms. The fraction of sp³-hybridized carbons (Fsp3) is 0.545. The van der Waals surface area contributed by atoms with Gasteiger partial charge in [-0.15, -0.1) is 0 Å². The van der Waals surface area contributed by atoms with Crippen LogP contribution >= 0.6 is 15.9 Å². The number of hydrogen-bond acceptors (Lipinski definition) is 3. The zero-order valence-electron chi connectivity index (χ0n) is 9.03. The molecule has 2 rings (SSSR count). The zero-order valence-corrected chi connectivity index (χ0v) is 10.6. The van der Waals surface area contributed by atoms with Crippen molar-refractivity contribution < 1.29 is 13.9 Å². The van der Waals surface area contributed by atoms with Crippen LogP contribution in [0.1, 0.15) is 29.8 Å². The standard InChI is InChI=1S/C11H14BrNO3/c1-15-8-4-2-3-7(8)13-11(14)9-5-6-10(12)16-9/h5-8H,2-4H2,1H3,(H,13,14). The maximum absolute atomic E-state index is 11.8. The minimum Gasteiger partial charge on any atom is -0.444 e. The number of hydrogen-bond donors (Lipinski definition) is 1. The molecule has 1 aromatic heterocycles. The van der Waals surface area contributed by atoms with Gasteiger partial charge < -0.3 is 14.5 Å². The van der Waals surface area contributed by atoms with Gasteiger partial charge in [-0.3, -0.25) is 4.79 Å². The highest BCUT2D eigenvalue weighted by atomic mass is 79.9. The molecule has 0 bridgehead atoms. The molecule has 1 aliphatic carbocycles. The van der Waals surface area contributed by atoms with Crippen molar-refractivity contribution in [3.8, 4) is 0 Å². The Morgan fingerprint density at radius 1 is 1.56 bits per heavy atom. The van der Waals surface area contributed by atoms with Crippen LogP contribution in [0.3, 0.4) is 0 Å². The van der Waals surface area contributed by atoms with Crippen LogP contribution in [0.15, 0.2) is 21.2 Å². The number of nitrogens with one attached hydrogen (secondary N) is 1. The Hall–Kier alpha value is -0.810. The van der Waals surface area contributed by atoms with Gasteiger partial charge in [0.1, 0.15) is 0 Å². The Balaban J connectivity index is 1.97. The summed E-state index contributed by atoms with van der Waals surface area (Å²) in [4.78, 5) is 11.8. The summed E-state index contributed by atoms with van der Waals surface area (Å²) in [6.07, 6.45) is 3.18. The molecule has 88 valence electrons. The lowest BCUT2D eigenvalue weighted by atomic mass is 10.2. The van der Waals surface area contributed by atoms with Gasteiger partial charge in [0.15, 0.2) is 10.4 Å². The van der Waals surface area contributed by atoms with Gasteiger partial charge in [0.25, 0.3) is 5.91 Å². The van der Waals surface area contributed by atoms with Crippen molar-refractivity contribution in [2.75, 3.05) is 7.11 Å². The molecule has 1 aromatic rings. The van der Waals surface area contributed by atoms with Crippen molar-refractivity contribution in [1.29, 1.82) is 0 Å². The molecule has 1 N–H and O–H groups in total. The topological polar surface area (TPSA) is 51.5 Å². The summed E-state index contributed by atoms with van der Waals surface area (Å²) in [7, 11) is 1.68. The number of rotatable bonds is 3. The van der Waals surface area contributed by atoms with Crippen LogP contribution in [0.2, 0.25) is 0 Å². The average Bonchev–Trinajstić information content (AvgIpc) is 2.86. The number of halogens is 1. The van der Waals surface area contributed by atoms with Crippen LogP contribution < -0.4 is 5.32 Å². The second-order valence-corrected chi connectivity index (χ2v) is 4.67. The van der Waals surface area contributed by atoms with Crippen molar-refractivity contribution in [1.82, 2.24) is 5.32 Å². The van der Waals surface area contributed by atoms with Crippen LogP contribution in [-0.2, 0) is 4.74 Å². The van der Waals surface area contributed by atoms with E-state index in [1.807, 2.05) is 0 Å². The summed E-state index contributed by atoms with van der Waals surface area (Å²) in [5.41, 5.74) is 0. The van der Waals surface area contributed by atoms with Crippen LogP contribution in [-0.4, -0.2) is 25.2 Å². The van der Waals surface area contributed by atoms with E-state index >= 15 is 0 Å². The highest BCUT2D eigenvalue weighted by Gasteiger charge is 2.29. The SMILES string of the molecule is COC1CCCC1NC(=O)c1ccc(Br)o1. The first kappa shape index (κ1) is 11.7. The molecule has 2 unspecified atom stereocenters. The number of furan rings is 1. The number of carbonyl (C=O) groups excluding carboxylic acids is 1. The Morgan fingerprint density at radius 2 is 2.38 bits per heavy atom. The van der Waals surface area contributed by atoms with Crippen LogP contribution in [0, 0.1) is 0 Å². The molecule has 0 radical (unpaired) electrons. The van der Waals surface area contributed by atoms with E-state index in [0.29, 0.717) is 10.4 Å². The van der Waals surface area contributed by atoms with Crippen LogP contribution in [0.4, 0.5) is 0 Å². The lowest BCUT2D eigenvalue weighted by molar-refractivity contribution is 0.0705. The molecule has 0 spiro atoms. The predicted molar refractivity (Wildman–Crippen MR) is 62.3 cm³/mol. The minimum atomic E-state index is -0.181. The van der Waals surface area contributed by atoms with Gasteiger partial charge >= 0.3 is 0 Å². The highest BCUT2D eigenvalue weighted by molar-refractivity contribution is 9.10. The van der Waals surface area contributed by atoms with Gasteiger partial charge in [-0.05, 0) is 47.3 Å². The summed E-state index contributed by atoms with van der Waals surface area (Å²) in [5.74, 6) is 0.147. The molecular formula is C11H14BrNO3. The molecule has 1 fully saturated rings. The fourth-order valence-electron chi connectivity index (χ4n) is 2.05. The van der Waals surface area contributed by atoms with Crippen molar-refractivity contribution in [3.63, 3.8) is 0 Å². The summed E-state index contributed by atoms with van der Waals surface area (Å²) in [6.45, 7) is 0. The van der Waals surface area contributed by atoms with E-state index in [1.165, 1.54) is 0 Å². The smallest absolute Gasteiger partial charge is 0.287 e. The van der Waals surface area contributed by atoms with Gasteiger partial charge in [0, 0.05) is 7.11 Å². The Morgan fingerprint density at radius 3 is 3.00 bits per heavy atom. The molecule has 4 nitrogen and oxygen atoms in total. The molecule has 1 aliphatic rings. The van der Waals surface area contributed by atoms with Crippen molar-refractivity contribution in [2.24, 2.45) is 0 Å². The molecule has 1 heterocycles. The largest absolute Gasteiger partial charge is 0.444 e. The van der Waals surface area contributed by atoms with Crippen LogP contribution in [0.25, 0.3) is 0 Å². The van der Waals surface area contributed by atoms with Gasteiger partial charge in [0.2, 0.25) is 0 Å². The lowest BCUT2D eigenvalue weighted by Gasteiger charge is -2.18. The average molecular weight is 288 g/mol. The second kappa shape index (κ2) is 5.01. The molecule has 0 aromatic carbocycles. The monoisotopic (exact) mass is 287 g/mol. The van der Waals surface area contributed by atoms with Gasteiger partial charge in [0.05, 0.1) is 12.1 Å². The first-order valence-corrected chi connectivity index (χ1v) is 6.09. The predicted octanol–water partition coefficient (Wildman–Crippen LogP) is 2.34. The van der Waals surface area contributed by atoms with Crippen molar-refractivity contribution in [3.05, 3.63) is 22.6 Å². The third-order valence-electron chi connectivity index (χ3n) is 2.87. The number of carbonyl (C=O) groups is 1. The van der Waals surface area contributed by atoms with Crippen LogP contribution in [0.5, 0.6) is 0 Å². The van der Waals surface area contributed by atoms with Crippen molar-refractivity contribution >= 4 is 21.8 Å². The van der Waals surface area contributed by atoms with E-state index in [-0.39, 0.29) is 18.1 Å². The third kappa shape index (κ3) is 2.47. The van der Waals surface area contributed by atoms with E-state index in [2.05, 4.69) is 21.2 Å². The maximum atomic E-state index is 11.8. The molecular weight excluding hydrogens is 274 g/mol. The normalized spacial score (nSPS) is 24.6. The molecule has 1 saturated carbocycles. The highest BCUT2D eigenvalue weighted by Crippen LogP contribution is 2.22. The third-order valence-corrected chi connectivity index (χ3v) is 3.29. The van der Waals surface area contributed by atoms with E-state index in [1.54, 1.807) is 19.2 Å². The first-order chi connectivity index (χ1) is 7.70. The lowest BCUT2D eigenvalue weighted by Crippen LogP contribution is -2.40. The summed E-state index contributed by atoms with van der Waals surface area (Å²) in [5, 5.41) is 2.93. The van der Waals surface area contributed by atoms with E-state index in [0.717, 1.165) is 19.3 Å². The van der Waals surface area contributed by atoms with E-state index < -0.39 is 0 Å². The number of amides is 1. The number of methoxy groups -OCH3 is 1. The Labute approximate surface area is 102 Å². The van der Waals surface area contributed by atoms with Crippen molar-refractivity contribution in [2.45, 2.75) is 31.4 Å². The van der Waals surface area contributed by atoms with E-state index in [9.17, 15) is 4.79 Å². The zero-order chi connectivity index (χ0) is 11.5. The van der Waals surface area contributed by atoms with E-state index in [4.69, 9.17) is 9.15 Å². The molecule has 2 atom stereocenters. The fourth-order valence-corrected chi connectivity index (χ4v) is 2.36. The van der Waals surface area contributed by atoms with Gasteiger partial charge in [-0.1, -0.05) is 0 Å². The first-order valence-electron chi connectivity index (χ1n) is 5.29. The molecule has 0 saturated heterocycles. The maximum Gasteiger partial charge on any atom is 0.287 e. The molecule has 1 amide bonds. The van der Waals surface area contributed by atoms with Gasteiger partial charge in [-0.25, -0.2) is 0 Å².